The first-order chi connectivity index (χ1) is 7.77. The highest BCUT2D eigenvalue weighted by molar-refractivity contribution is 7.09. The first-order valence-corrected chi connectivity index (χ1v) is 6.77. The average Bonchev–Trinajstić information content (AvgIpc) is 2.60. The van der Waals surface area contributed by atoms with Crippen LogP contribution >= 0.6 is 11.3 Å². The van der Waals surface area contributed by atoms with Crippen LogP contribution in [0.4, 0.5) is 0 Å². The number of ether oxygens (including phenoxy) is 1. The lowest BCUT2D eigenvalue weighted by atomic mass is 10.2. The van der Waals surface area contributed by atoms with Crippen molar-refractivity contribution in [2.24, 2.45) is 0 Å². The summed E-state index contributed by atoms with van der Waals surface area (Å²) in [5, 5.41) is 0. The summed E-state index contributed by atoms with van der Waals surface area (Å²) < 4.78 is 7.52. The highest BCUT2D eigenvalue weighted by Crippen LogP contribution is 2.13. The second-order valence-corrected chi connectivity index (χ2v) is 5.15. The van der Waals surface area contributed by atoms with Gasteiger partial charge in [-0.15, -0.1) is 0 Å². The average molecular weight is 240 g/mol. The van der Waals surface area contributed by atoms with Crippen LogP contribution in [0.1, 0.15) is 36.3 Å². The molecular weight excluding hydrogens is 222 g/mol. The number of carbonyl (C=O) groups excluding carboxylic acids is 1. The molecule has 2 heterocycles. The smallest absolute Gasteiger partial charge is 0.305 e. The Labute approximate surface area is 100 Å². The van der Waals surface area contributed by atoms with Gasteiger partial charge in [0, 0.05) is 26.2 Å². The number of aryl methyl sites for hydroxylation is 1. The van der Waals surface area contributed by atoms with Crippen LogP contribution in [0.5, 0.6) is 0 Å². The molecule has 0 unspecified atom stereocenters. The number of thiazole rings is 1. The fourth-order valence-electron chi connectivity index (χ4n) is 1.97. The van der Waals surface area contributed by atoms with Crippen molar-refractivity contribution < 1.29 is 14.1 Å². The van der Waals surface area contributed by atoms with E-state index in [4.69, 9.17) is 4.74 Å². The van der Waals surface area contributed by atoms with E-state index in [9.17, 15) is 4.79 Å². The van der Waals surface area contributed by atoms with Gasteiger partial charge in [-0.05, 0) is 12.8 Å². The van der Waals surface area contributed by atoms with E-state index in [0.717, 1.165) is 32.2 Å². The van der Waals surface area contributed by atoms with Crippen LogP contribution < -0.4 is 4.57 Å². The van der Waals surface area contributed by atoms with Crippen molar-refractivity contribution >= 4 is 17.3 Å². The molecule has 4 heteroatoms. The van der Waals surface area contributed by atoms with Crippen LogP contribution in [0.2, 0.25) is 0 Å². The zero-order chi connectivity index (χ0) is 11.4. The van der Waals surface area contributed by atoms with E-state index in [-0.39, 0.29) is 5.97 Å². The van der Waals surface area contributed by atoms with Crippen molar-refractivity contribution in [3.63, 3.8) is 0 Å². The third kappa shape index (κ3) is 2.82. The predicted octanol–water partition coefficient (Wildman–Crippen LogP) is 2.00. The Kier molecular flexibility index (Phi) is 3.93. The minimum atomic E-state index is -0.0392. The number of esters is 1. The molecule has 0 saturated carbocycles. The van der Waals surface area contributed by atoms with Gasteiger partial charge < -0.3 is 4.74 Å². The van der Waals surface area contributed by atoms with E-state index in [1.165, 1.54) is 10.6 Å². The third-order valence-corrected chi connectivity index (χ3v) is 4.17. The van der Waals surface area contributed by atoms with Crippen LogP contribution in [0.25, 0.3) is 0 Å². The maximum absolute atomic E-state index is 11.3. The lowest BCUT2D eigenvalue weighted by Gasteiger charge is -2.05. The molecule has 2 rings (SSSR count). The molecule has 0 atom stereocenters. The molecule has 0 fully saturated rings. The van der Waals surface area contributed by atoms with Crippen molar-refractivity contribution in [1.29, 1.82) is 0 Å². The van der Waals surface area contributed by atoms with E-state index >= 15 is 0 Å². The third-order valence-electron chi connectivity index (χ3n) is 3.03. The Morgan fingerprint density at radius 2 is 2.19 bits per heavy atom. The summed E-state index contributed by atoms with van der Waals surface area (Å²) in [6.07, 6.45) is 4.64. The van der Waals surface area contributed by atoms with Crippen LogP contribution in [0.3, 0.4) is 0 Å². The van der Waals surface area contributed by atoms with Crippen molar-refractivity contribution in [3.05, 3.63) is 16.1 Å². The Hall–Kier alpha value is -0.900. The lowest BCUT2D eigenvalue weighted by Crippen LogP contribution is -2.34. The summed E-state index contributed by atoms with van der Waals surface area (Å²) >= 11 is 1.77. The van der Waals surface area contributed by atoms with Crippen molar-refractivity contribution in [1.82, 2.24) is 0 Å². The standard InChI is InChI=1S/C12H18NO2S/c1-10-11-6-8-15-12(14)5-3-2-4-7-13(10)9-16-11/h9H,2-8H2,1H3/q+1. The number of rotatable bonds is 0. The van der Waals surface area contributed by atoms with E-state index < -0.39 is 0 Å². The lowest BCUT2D eigenvalue weighted by molar-refractivity contribution is -0.698. The second-order valence-electron chi connectivity index (χ2n) is 4.21. The maximum Gasteiger partial charge on any atom is 0.305 e. The zero-order valence-electron chi connectivity index (χ0n) is 9.70. The molecule has 1 aromatic rings. The van der Waals surface area contributed by atoms with Gasteiger partial charge in [0.2, 0.25) is 5.51 Å². The molecule has 0 N–H and O–H groups in total. The van der Waals surface area contributed by atoms with Gasteiger partial charge in [-0.1, -0.05) is 11.3 Å². The molecule has 0 aromatic carbocycles. The molecule has 0 aliphatic carbocycles. The zero-order valence-corrected chi connectivity index (χ0v) is 10.5. The number of carbonyl (C=O) groups is 1. The number of hydrogen-bond acceptors (Lipinski definition) is 3. The van der Waals surface area contributed by atoms with Crippen molar-refractivity contribution in [2.45, 2.75) is 45.6 Å². The first-order valence-electron chi connectivity index (χ1n) is 5.89. The topological polar surface area (TPSA) is 30.2 Å². The molecule has 16 heavy (non-hydrogen) atoms. The molecule has 1 aliphatic heterocycles. The quantitative estimate of drug-likeness (QED) is 0.513. The summed E-state index contributed by atoms with van der Waals surface area (Å²) in [6, 6.07) is 0. The minimum absolute atomic E-state index is 0.0392. The van der Waals surface area contributed by atoms with Crippen molar-refractivity contribution in [3.8, 4) is 0 Å². The second kappa shape index (κ2) is 5.43. The summed E-state index contributed by atoms with van der Waals surface area (Å²) in [5.41, 5.74) is 3.52. The van der Waals surface area contributed by atoms with Gasteiger partial charge in [-0.2, -0.15) is 4.57 Å². The summed E-state index contributed by atoms with van der Waals surface area (Å²) in [7, 11) is 0. The van der Waals surface area contributed by atoms with Crippen LogP contribution in [0, 0.1) is 6.92 Å². The van der Waals surface area contributed by atoms with Crippen LogP contribution in [-0.4, -0.2) is 12.6 Å². The monoisotopic (exact) mass is 240 g/mol. The fraction of sp³-hybridized carbons (Fsp3) is 0.667. The molecule has 3 nitrogen and oxygen atoms in total. The molecule has 88 valence electrons. The molecule has 2 bridgehead atoms. The molecule has 0 amide bonds. The summed E-state index contributed by atoms with van der Waals surface area (Å²) in [4.78, 5) is 12.7. The fourth-order valence-corrected chi connectivity index (χ4v) is 2.98. The van der Waals surface area contributed by atoms with Gasteiger partial charge in [-0.25, -0.2) is 0 Å². The van der Waals surface area contributed by atoms with Gasteiger partial charge in [0.1, 0.15) is 6.54 Å². The number of cyclic esters (lactones) is 1. The largest absolute Gasteiger partial charge is 0.465 e. The number of hydrogen-bond donors (Lipinski definition) is 0. The van der Waals surface area contributed by atoms with E-state index in [1.54, 1.807) is 11.3 Å². The molecular formula is C12H18NO2S+. The summed E-state index contributed by atoms with van der Waals surface area (Å²) in [5.74, 6) is -0.0392. The Bertz CT molecular complexity index is 373. The Morgan fingerprint density at radius 3 is 3.06 bits per heavy atom. The predicted molar refractivity (Wildman–Crippen MR) is 62.4 cm³/mol. The number of fused-ring (bicyclic) bond motifs is 2. The highest BCUT2D eigenvalue weighted by Gasteiger charge is 2.16. The van der Waals surface area contributed by atoms with Gasteiger partial charge >= 0.3 is 5.97 Å². The Morgan fingerprint density at radius 1 is 1.31 bits per heavy atom. The molecule has 0 spiro atoms. The first kappa shape index (κ1) is 11.6. The van der Waals surface area contributed by atoms with Crippen LogP contribution in [-0.2, 0) is 22.5 Å². The molecule has 1 aromatic heterocycles. The van der Waals surface area contributed by atoms with Gasteiger partial charge in [0.15, 0.2) is 5.69 Å². The molecule has 1 aliphatic rings. The van der Waals surface area contributed by atoms with E-state index in [1.807, 2.05) is 0 Å². The normalized spacial score (nSPS) is 18.4. The van der Waals surface area contributed by atoms with Gasteiger partial charge in [0.05, 0.1) is 11.5 Å². The molecule has 0 saturated heterocycles. The molecule has 0 radical (unpaired) electrons. The highest BCUT2D eigenvalue weighted by atomic mass is 32.1. The maximum atomic E-state index is 11.3. The van der Waals surface area contributed by atoms with Gasteiger partial charge in [-0.3, -0.25) is 4.79 Å². The minimum Gasteiger partial charge on any atom is -0.465 e. The van der Waals surface area contributed by atoms with E-state index in [2.05, 4.69) is 17.0 Å². The van der Waals surface area contributed by atoms with E-state index in [0.29, 0.717) is 13.0 Å². The Balaban J connectivity index is 2.07. The summed E-state index contributed by atoms with van der Waals surface area (Å²) in [6.45, 7) is 3.76. The number of aromatic nitrogens is 1. The van der Waals surface area contributed by atoms with Crippen molar-refractivity contribution in [2.75, 3.05) is 6.61 Å². The van der Waals surface area contributed by atoms with Crippen LogP contribution in [0.15, 0.2) is 5.51 Å². The van der Waals surface area contributed by atoms with Gasteiger partial charge in [0.25, 0.3) is 0 Å². The SMILES string of the molecule is Cc1c2sc[n+]1CCCCCC(=O)OCC2. The number of nitrogens with zero attached hydrogens (tertiary/aromatic N) is 1.